The molecule has 122 valence electrons. The summed E-state index contributed by atoms with van der Waals surface area (Å²) < 4.78 is 26.2. The second-order valence-electron chi connectivity index (χ2n) is 4.73. The molecule has 1 fully saturated rings. The van der Waals surface area contributed by atoms with Gasteiger partial charge in [-0.1, -0.05) is 0 Å². The highest BCUT2D eigenvalue weighted by Crippen LogP contribution is 2.41. The first kappa shape index (κ1) is 15.4. The Hall–Kier alpha value is -1.50. The molecule has 9 heteroatoms. The van der Waals surface area contributed by atoms with Crippen LogP contribution in [0.5, 0.6) is 0 Å². The molecule has 1 saturated heterocycles. The van der Waals surface area contributed by atoms with E-state index < -0.39 is 19.4 Å². The Morgan fingerprint density at radius 3 is 3.23 bits per heavy atom. The average Bonchev–Trinajstić information content (AvgIpc) is 3.14. The fraction of sp³-hybridized carbons (Fsp3) is 0.615. The molecule has 1 aliphatic heterocycles. The van der Waals surface area contributed by atoms with Crippen molar-refractivity contribution in [2.75, 3.05) is 13.2 Å². The molecule has 2 heterocycles. The summed E-state index contributed by atoms with van der Waals surface area (Å²) in [5.74, 6) is 0. The standard InChI is InChI=1S/C13H20N3O5P/c1-4-14-9-19-22(3)21-12-7-13(20-10(12)2)15-6-5-11(8-15)16(17)18/h5-6,8-10,12-13H,4,7H2,1-3H3/i2D. The van der Waals surface area contributed by atoms with Crippen molar-refractivity contribution in [1.82, 2.24) is 4.57 Å². The molecule has 8 nitrogen and oxygen atoms in total. The van der Waals surface area contributed by atoms with Crippen LogP contribution in [0.3, 0.4) is 0 Å². The smallest absolute Gasteiger partial charge is 0.286 e. The molecule has 0 bridgehead atoms. The second kappa shape index (κ2) is 7.67. The van der Waals surface area contributed by atoms with Gasteiger partial charge in [0.05, 0.1) is 23.3 Å². The van der Waals surface area contributed by atoms with Gasteiger partial charge in [-0.25, -0.2) is 0 Å². The minimum absolute atomic E-state index is 0.0113. The van der Waals surface area contributed by atoms with Gasteiger partial charge in [-0.15, -0.1) is 0 Å². The molecule has 0 spiro atoms. The number of aromatic nitrogens is 1. The molecule has 1 aliphatic rings. The van der Waals surface area contributed by atoms with Crippen molar-refractivity contribution >= 4 is 20.5 Å². The topological polar surface area (TPSA) is 88.1 Å². The monoisotopic (exact) mass is 330 g/mol. The number of hydrogen-bond donors (Lipinski definition) is 0. The molecule has 1 aromatic rings. The first-order valence-electron chi connectivity index (χ1n) is 7.58. The quantitative estimate of drug-likeness (QED) is 0.252. The summed E-state index contributed by atoms with van der Waals surface area (Å²) in [6, 6.07) is 1.42. The lowest BCUT2D eigenvalue weighted by Crippen LogP contribution is -2.19. The summed E-state index contributed by atoms with van der Waals surface area (Å²) in [4.78, 5) is 14.3. The van der Waals surface area contributed by atoms with Gasteiger partial charge in [-0.2, -0.15) is 0 Å². The van der Waals surface area contributed by atoms with E-state index >= 15 is 0 Å². The van der Waals surface area contributed by atoms with Crippen LogP contribution >= 0.6 is 8.38 Å². The Labute approximate surface area is 131 Å². The summed E-state index contributed by atoms with van der Waals surface area (Å²) in [5, 5.41) is 10.8. The van der Waals surface area contributed by atoms with Crippen molar-refractivity contribution in [3.05, 3.63) is 28.6 Å². The van der Waals surface area contributed by atoms with E-state index in [1.807, 2.05) is 13.6 Å². The third-order valence-electron chi connectivity index (χ3n) is 3.16. The molecule has 0 radical (unpaired) electrons. The Morgan fingerprint density at radius 2 is 2.59 bits per heavy atom. The summed E-state index contributed by atoms with van der Waals surface area (Å²) in [5.41, 5.74) is 0.0113. The number of rotatable bonds is 7. The predicted molar refractivity (Wildman–Crippen MR) is 83.1 cm³/mol. The zero-order valence-corrected chi connectivity index (χ0v) is 13.4. The van der Waals surface area contributed by atoms with Crippen LogP contribution in [-0.4, -0.2) is 41.3 Å². The van der Waals surface area contributed by atoms with Crippen LogP contribution in [0.4, 0.5) is 5.69 Å². The van der Waals surface area contributed by atoms with Crippen LogP contribution in [0.25, 0.3) is 0 Å². The summed E-state index contributed by atoms with van der Waals surface area (Å²) >= 11 is 0. The number of aliphatic imine (C=N–C) groups is 1. The van der Waals surface area contributed by atoms with Crippen molar-refractivity contribution in [3.8, 4) is 0 Å². The normalized spacial score (nSPS) is 27.0. The van der Waals surface area contributed by atoms with Crippen LogP contribution in [0.2, 0.25) is 0 Å². The van der Waals surface area contributed by atoms with Crippen molar-refractivity contribution in [2.45, 2.75) is 38.7 Å². The van der Waals surface area contributed by atoms with Gasteiger partial charge in [0, 0.05) is 33.3 Å². The minimum atomic E-state index is -1.16. The maximum atomic E-state index is 10.8. The highest BCUT2D eigenvalue weighted by molar-refractivity contribution is 7.46. The van der Waals surface area contributed by atoms with E-state index in [4.69, 9.17) is 15.2 Å². The Balaban J connectivity index is 1.96. The van der Waals surface area contributed by atoms with Gasteiger partial charge in [0.2, 0.25) is 8.38 Å². The number of ether oxygens (including phenoxy) is 1. The highest BCUT2D eigenvalue weighted by Gasteiger charge is 2.35. The summed E-state index contributed by atoms with van der Waals surface area (Å²) in [6.07, 6.45) is 3.86. The lowest BCUT2D eigenvalue weighted by molar-refractivity contribution is -0.384. The van der Waals surface area contributed by atoms with Gasteiger partial charge in [0.15, 0.2) is 6.40 Å². The fourth-order valence-corrected chi connectivity index (χ4v) is 2.93. The number of nitro groups is 1. The van der Waals surface area contributed by atoms with E-state index in [2.05, 4.69) is 4.99 Å². The van der Waals surface area contributed by atoms with Crippen LogP contribution in [0.15, 0.2) is 23.5 Å². The fourth-order valence-electron chi connectivity index (χ4n) is 2.08. The minimum Gasteiger partial charge on any atom is -0.437 e. The zero-order valence-electron chi connectivity index (χ0n) is 13.5. The Bertz CT molecular complexity index is 555. The molecule has 0 aliphatic carbocycles. The van der Waals surface area contributed by atoms with E-state index in [1.54, 1.807) is 10.8 Å². The van der Waals surface area contributed by atoms with Crippen LogP contribution < -0.4 is 0 Å². The molecule has 0 saturated carbocycles. The van der Waals surface area contributed by atoms with E-state index in [9.17, 15) is 10.1 Å². The molecule has 0 amide bonds. The second-order valence-corrected chi connectivity index (χ2v) is 6.03. The van der Waals surface area contributed by atoms with Crippen LogP contribution in [0, 0.1) is 10.1 Å². The van der Waals surface area contributed by atoms with Crippen molar-refractivity contribution in [3.63, 3.8) is 0 Å². The van der Waals surface area contributed by atoms with Gasteiger partial charge in [0.1, 0.15) is 6.23 Å². The third-order valence-corrected chi connectivity index (χ3v) is 4.12. The van der Waals surface area contributed by atoms with Gasteiger partial charge >= 0.3 is 0 Å². The van der Waals surface area contributed by atoms with Gasteiger partial charge < -0.3 is 18.4 Å². The molecule has 0 aromatic carbocycles. The third kappa shape index (κ3) is 4.25. The first-order valence-corrected chi connectivity index (χ1v) is 8.49. The van der Waals surface area contributed by atoms with Crippen molar-refractivity contribution in [1.29, 1.82) is 0 Å². The molecule has 4 atom stereocenters. The molecule has 4 unspecified atom stereocenters. The van der Waals surface area contributed by atoms with E-state index in [-0.39, 0.29) is 24.9 Å². The lowest BCUT2D eigenvalue weighted by Gasteiger charge is -2.18. The summed E-state index contributed by atoms with van der Waals surface area (Å²) in [7, 11) is -1.16. The number of nitrogens with zero attached hydrogens (tertiary/aromatic N) is 3. The van der Waals surface area contributed by atoms with Crippen molar-refractivity contribution in [2.24, 2.45) is 4.99 Å². The lowest BCUT2D eigenvalue weighted by atomic mass is 10.2. The SMILES string of the molecule is [2H]CC1OC(n2ccc([N+](=O)[O-])c2)CC1OP(C)OC=NCC. The molecular formula is C13H20N3O5P. The molecule has 1 aromatic heterocycles. The Morgan fingerprint density at radius 1 is 1.77 bits per heavy atom. The van der Waals surface area contributed by atoms with E-state index in [0.717, 1.165) is 0 Å². The highest BCUT2D eigenvalue weighted by atomic mass is 31.2. The van der Waals surface area contributed by atoms with E-state index in [1.165, 1.54) is 18.7 Å². The number of hydrogen-bond acceptors (Lipinski definition) is 6. The van der Waals surface area contributed by atoms with E-state index in [0.29, 0.717) is 13.0 Å². The van der Waals surface area contributed by atoms with Crippen molar-refractivity contribution < 1.29 is 20.1 Å². The molecule has 0 N–H and O–H groups in total. The Kier molecular flexibility index (Phi) is 5.37. The summed E-state index contributed by atoms with van der Waals surface area (Å²) in [6.45, 7) is 4.41. The average molecular weight is 330 g/mol. The zero-order chi connectivity index (χ0) is 16.8. The van der Waals surface area contributed by atoms with Gasteiger partial charge in [-0.05, 0) is 13.8 Å². The van der Waals surface area contributed by atoms with Crippen LogP contribution in [-0.2, 0) is 13.8 Å². The molecule has 22 heavy (non-hydrogen) atoms. The van der Waals surface area contributed by atoms with Gasteiger partial charge in [-0.3, -0.25) is 15.1 Å². The maximum Gasteiger partial charge on any atom is 0.286 e. The maximum absolute atomic E-state index is 10.8. The first-order chi connectivity index (χ1) is 11.0. The molecular weight excluding hydrogens is 309 g/mol. The largest absolute Gasteiger partial charge is 0.437 e. The predicted octanol–water partition coefficient (Wildman–Crippen LogP) is 3.10. The van der Waals surface area contributed by atoms with Crippen LogP contribution in [0.1, 0.15) is 27.8 Å². The van der Waals surface area contributed by atoms with Gasteiger partial charge in [0.25, 0.3) is 5.69 Å². The molecule has 2 rings (SSSR count).